The van der Waals surface area contributed by atoms with E-state index in [1.165, 1.54) is 32.5 Å². The molecule has 2 aliphatic heterocycles. The molecule has 0 radical (unpaired) electrons. The summed E-state index contributed by atoms with van der Waals surface area (Å²) in [7, 11) is 2.28. The first-order valence-electron chi connectivity index (χ1n) is 5.79. The Hall–Kier alpha value is -0.120. The number of nitrogens with zero attached hydrogens (tertiary/aromatic N) is 1. The van der Waals surface area contributed by atoms with Crippen LogP contribution in [-0.2, 0) is 4.74 Å². The molecule has 0 aromatic rings. The summed E-state index contributed by atoms with van der Waals surface area (Å²) >= 11 is 0. The largest absolute Gasteiger partial charge is 0.380 e. The van der Waals surface area contributed by atoms with Crippen LogP contribution in [0.5, 0.6) is 0 Å². The molecule has 1 saturated carbocycles. The second kappa shape index (κ2) is 3.19. The molecule has 3 nitrogen and oxygen atoms in total. The van der Waals surface area contributed by atoms with Gasteiger partial charge in [0.25, 0.3) is 0 Å². The smallest absolute Gasteiger partial charge is 0.0538 e. The lowest BCUT2D eigenvalue weighted by atomic mass is 10.1. The van der Waals surface area contributed by atoms with E-state index in [1.807, 2.05) is 0 Å². The van der Waals surface area contributed by atoms with Crippen LogP contribution in [0.3, 0.4) is 0 Å². The molecule has 0 bridgehead atoms. The van der Waals surface area contributed by atoms with Crippen LogP contribution in [0, 0.1) is 11.3 Å². The Balaban J connectivity index is 1.56. The molecule has 1 N–H and O–H groups in total. The van der Waals surface area contributed by atoms with Crippen molar-refractivity contribution in [2.75, 3.05) is 39.9 Å². The van der Waals surface area contributed by atoms with Crippen LogP contribution in [0.25, 0.3) is 0 Å². The van der Waals surface area contributed by atoms with Crippen LogP contribution in [0.1, 0.15) is 12.8 Å². The molecule has 3 aliphatic rings. The van der Waals surface area contributed by atoms with Gasteiger partial charge in [-0.05, 0) is 32.4 Å². The molecule has 0 spiro atoms. The zero-order chi connectivity index (χ0) is 9.60. The Morgan fingerprint density at radius 3 is 3.07 bits per heavy atom. The van der Waals surface area contributed by atoms with Gasteiger partial charge in [0.05, 0.1) is 13.2 Å². The summed E-state index contributed by atoms with van der Waals surface area (Å²) in [6, 6.07) is 0.770. The van der Waals surface area contributed by atoms with Gasteiger partial charge in [-0.1, -0.05) is 0 Å². The number of hydrogen-bond donors (Lipinski definition) is 1. The molecule has 3 heteroatoms. The molecule has 3 rings (SSSR count). The lowest BCUT2D eigenvalue weighted by Gasteiger charge is -2.27. The van der Waals surface area contributed by atoms with Crippen molar-refractivity contribution in [2.24, 2.45) is 11.3 Å². The molecule has 2 heterocycles. The fourth-order valence-corrected chi connectivity index (χ4v) is 3.13. The van der Waals surface area contributed by atoms with Gasteiger partial charge < -0.3 is 15.0 Å². The Morgan fingerprint density at radius 2 is 2.50 bits per heavy atom. The van der Waals surface area contributed by atoms with Crippen molar-refractivity contribution in [3.05, 3.63) is 0 Å². The van der Waals surface area contributed by atoms with Crippen molar-refractivity contribution in [2.45, 2.75) is 18.9 Å². The highest BCUT2D eigenvalue weighted by Crippen LogP contribution is 2.57. The summed E-state index contributed by atoms with van der Waals surface area (Å²) in [5.41, 5.74) is 0.567. The van der Waals surface area contributed by atoms with Gasteiger partial charge in [-0.25, -0.2) is 0 Å². The molecule has 3 fully saturated rings. The first kappa shape index (κ1) is 9.13. The van der Waals surface area contributed by atoms with E-state index in [1.54, 1.807) is 0 Å². The van der Waals surface area contributed by atoms with E-state index < -0.39 is 0 Å². The highest BCUT2D eigenvalue weighted by Gasteiger charge is 2.58. The Bertz CT molecular complexity index is 227. The topological polar surface area (TPSA) is 24.5 Å². The third-order valence-electron chi connectivity index (χ3n) is 4.29. The maximum atomic E-state index is 5.53. The summed E-state index contributed by atoms with van der Waals surface area (Å²) in [6.45, 7) is 5.67. The van der Waals surface area contributed by atoms with Gasteiger partial charge in [-0.3, -0.25) is 0 Å². The third kappa shape index (κ3) is 1.38. The van der Waals surface area contributed by atoms with Gasteiger partial charge in [0.2, 0.25) is 0 Å². The molecule has 14 heavy (non-hydrogen) atoms. The van der Waals surface area contributed by atoms with Crippen molar-refractivity contribution < 1.29 is 4.74 Å². The van der Waals surface area contributed by atoms with Gasteiger partial charge in [-0.15, -0.1) is 0 Å². The summed E-state index contributed by atoms with van der Waals surface area (Å²) < 4.78 is 5.53. The minimum absolute atomic E-state index is 0.567. The van der Waals surface area contributed by atoms with Crippen LogP contribution in [0.2, 0.25) is 0 Å². The lowest BCUT2D eigenvalue weighted by molar-refractivity contribution is 0.123. The summed E-state index contributed by atoms with van der Waals surface area (Å²) in [6.07, 6.45) is 2.73. The van der Waals surface area contributed by atoms with Crippen molar-refractivity contribution in [3.63, 3.8) is 0 Å². The third-order valence-corrected chi connectivity index (χ3v) is 4.29. The highest BCUT2D eigenvalue weighted by atomic mass is 16.5. The molecule has 0 aromatic heterocycles. The monoisotopic (exact) mass is 196 g/mol. The van der Waals surface area contributed by atoms with Gasteiger partial charge in [0, 0.05) is 24.5 Å². The van der Waals surface area contributed by atoms with Crippen molar-refractivity contribution in [1.82, 2.24) is 10.2 Å². The molecule has 0 aromatic carbocycles. The van der Waals surface area contributed by atoms with Crippen LogP contribution < -0.4 is 5.32 Å². The van der Waals surface area contributed by atoms with Crippen molar-refractivity contribution in [1.29, 1.82) is 0 Å². The van der Waals surface area contributed by atoms with Crippen molar-refractivity contribution in [3.8, 4) is 0 Å². The molecule has 1 aliphatic carbocycles. The lowest BCUT2D eigenvalue weighted by Crippen LogP contribution is -2.38. The Morgan fingerprint density at radius 1 is 1.57 bits per heavy atom. The normalized spacial score (nSPS) is 45.9. The first-order valence-corrected chi connectivity index (χ1v) is 5.79. The Labute approximate surface area is 85.8 Å². The van der Waals surface area contributed by atoms with Crippen LogP contribution >= 0.6 is 0 Å². The number of likely N-dealkylation sites (N-methyl/N-ethyl adjacent to an activating group) is 1. The molecular weight excluding hydrogens is 176 g/mol. The molecule has 3 atom stereocenters. The van der Waals surface area contributed by atoms with E-state index in [0.29, 0.717) is 5.41 Å². The van der Waals surface area contributed by atoms with E-state index in [4.69, 9.17) is 4.74 Å². The van der Waals surface area contributed by atoms with Gasteiger partial charge in [-0.2, -0.15) is 0 Å². The van der Waals surface area contributed by atoms with E-state index in [0.717, 1.165) is 25.2 Å². The zero-order valence-corrected chi connectivity index (χ0v) is 8.96. The van der Waals surface area contributed by atoms with Crippen LogP contribution in [-0.4, -0.2) is 50.8 Å². The maximum Gasteiger partial charge on any atom is 0.0538 e. The minimum atomic E-state index is 0.567. The second-order valence-electron chi connectivity index (χ2n) is 5.34. The quantitative estimate of drug-likeness (QED) is 0.703. The molecule has 3 unspecified atom stereocenters. The summed E-state index contributed by atoms with van der Waals surface area (Å²) in [5, 5.41) is 3.43. The van der Waals surface area contributed by atoms with Gasteiger partial charge in [0.15, 0.2) is 0 Å². The minimum Gasteiger partial charge on any atom is -0.380 e. The average Bonchev–Trinajstić information content (AvgIpc) is 2.62. The predicted molar refractivity (Wildman–Crippen MR) is 55.3 cm³/mol. The molecular formula is C11H20N2O. The zero-order valence-electron chi connectivity index (χ0n) is 8.96. The number of nitrogens with one attached hydrogen (secondary N) is 1. The number of fused-ring (bicyclic) bond motifs is 1. The molecule has 0 amide bonds. The van der Waals surface area contributed by atoms with E-state index >= 15 is 0 Å². The van der Waals surface area contributed by atoms with E-state index in [9.17, 15) is 0 Å². The molecule has 2 saturated heterocycles. The van der Waals surface area contributed by atoms with E-state index in [-0.39, 0.29) is 0 Å². The number of ether oxygens (including phenoxy) is 1. The van der Waals surface area contributed by atoms with Gasteiger partial charge in [0.1, 0.15) is 0 Å². The van der Waals surface area contributed by atoms with Gasteiger partial charge >= 0.3 is 0 Å². The fourth-order valence-electron chi connectivity index (χ4n) is 3.13. The standard InChI is InChI=1S/C11H20N2O/c1-13(10-2-3-12-5-10)7-11-4-9(11)6-14-8-11/h9-10,12H,2-8H2,1H3. The molecule has 80 valence electrons. The number of hydrogen-bond acceptors (Lipinski definition) is 3. The van der Waals surface area contributed by atoms with Crippen LogP contribution in [0.4, 0.5) is 0 Å². The SMILES string of the molecule is CN(CC12COCC1C2)C1CCNC1. The maximum absolute atomic E-state index is 5.53. The van der Waals surface area contributed by atoms with E-state index in [2.05, 4.69) is 17.3 Å². The highest BCUT2D eigenvalue weighted by molar-refractivity contribution is 5.07. The fraction of sp³-hybridized carbons (Fsp3) is 1.00. The predicted octanol–water partition coefficient (Wildman–Crippen LogP) is 0.317. The summed E-state index contributed by atoms with van der Waals surface area (Å²) in [5.74, 6) is 0.888. The average molecular weight is 196 g/mol. The second-order valence-corrected chi connectivity index (χ2v) is 5.34. The summed E-state index contributed by atoms with van der Waals surface area (Å²) in [4.78, 5) is 2.55. The van der Waals surface area contributed by atoms with Crippen LogP contribution in [0.15, 0.2) is 0 Å². The Kier molecular flexibility index (Phi) is 2.08. The van der Waals surface area contributed by atoms with Crippen molar-refractivity contribution >= 4 is 0 Å². The number of rotatable bonds is 3. The first-order chi connectivity index (χ1) is 6.80.